The number of carbonyl (C=O) groups is 2. The van der Waals surface area contributed by atoms with E-state index < -0.39 is 0 Å². The molecule has 0 N–H and O–H groups in total. The van der Waals surface area contributed by atoms with E-state index in [0.717, 1.165) is 5.56 Å². The molecule has 0 aliphatic carbocycles. The van der Waals surface area contributed by atoms with Crippen molar-refractivity contribution in [2.24, 2.45) is 0 Å². The molecule has 8 nitrogen and oxygen atoms in total. The Bertz CT molecular complexity index is 1070. The van der Waals surface area contributed by atoms with E-state index in [1.54, 1.807) is 66.6 Å². The molecule has 0 atom stereocenters. The van der Waals surface area contributed by atoms with Crippen molar-refractivity contribution >= 4 is 11.8 Å². The molecule has 0 saturated heterocycles. The third-order valence-corrected chi connectivity index (χ3v) is 5.02. The topological polar surface area (TPSA) is 104 Å². The summed E-state index contributed by atoms with van der Waals surface area (Å²) in [5.74, 6) is 1.45. The maximum absolute atomic E-state index is 13.2. The molecule has 3 aromatic rings. The molecule has 0 aliphatic rings. The number of nitrogens with zero attached hydrogens (tertiary/aromatic N) is 4. The van der Waals surface area contributed by atoms with E-state index in [1.165, 1.54) is 0 Å². The number of nitriles is 1. The smallest absolute Gasteiger partial charge is 0.257 e. The number of rotatable bonds is 10. The first kappa shape index (κ1) is 22.8. The summed E-state index contributed by atoms with van der Waals surface area (Å²) in [6.45, 7) is 4.66. The Hall–Kier alpha value is -3.86. The van der Waals surface area contributed by atoms with Crippen molar-refractivity contribution in [2.45, 2.75) is 39.8 Å². The summed E-state index contributed by atoms with van der Waals surface area (Å²) >= 11 is 0. The first-order chi connectivity index (χ1) is 15.5. The average Bonchev–Trinajstić information content (AvgIpc) is 3.42. The van der Waals surface area contributed by atoms with Gasteiger partial charge in [0, 0.05) is 38.4 Å². The third-order valence-electron chi connectivity index (χ3n) is 5.02. The first-order valence-electron chi connectivity index (χ1n) is 10.4. The van der Waals surface area contributed by atoms with Gasteiger partial charge in [0.2, 0.25) is 5.91 Å². The number of amides is 2. The fourth-order valence-electron chi connectivity index (χ4n) is 3.43. The lowest BCUT2D eigenvalue weighted by atomic mass is 10.2. The first-order valence-corrected chi connectivity index (χ1v) is 10.4. The summed E-state index contributed by atoms with van der Waals surface area (Å²) < 4.78 is 10.9. The average molecular weight is 434 g/mol. The van der Waals surface area contributed by atoms with Gasteiger partial charge in [-0.05, 0) is 43.7 Å². The zero-order chi connectivity index (χ0) is 22.9. The Morgan fingerprint density at radius 1 is 1.12 bits per heavy atom. The number of pyridine rings is 1. The molecule has 0 bridgehead atoms. The van der Waals surface area contributed by atoms with Gasteiger partial charge in [-0.15, -0.1) is 0 Å². The van der Waals surface area contributed by atoms with Crippen LogP contribution in [0.25, 0.3) is 0 Å². The number of carbonyl (C=O) groups excluding carboxylic acids is 2. The zero-order valence-electron chi connectivity index (χ0n) is 18.3. The number of hydrogen-bond acceptors (Lipinski definition) is 6. The highest BCUT2D eigenvalue weighted by atomic mass is 16.3. The molecular formula is C24H26N4O4. The molecule has 0 aliphatic heterocycles. The molecule has 8 heteroatoms. The fraction of sp³-hybridized carbons (Fsp3) is 0.333. The van der Waals surface area contributed by atoms with Gasteiger partial charge >= 0.3 is 0 Å². The van der Waals surface area contributed by atoms with Crippen molar-refractivity contribution in [2.75, 3.05) is 13.1 Å². The molecule has 0 spiro atoms. The second-order valence-corrected chi connectivity index (χ2v) is 7.47. The normalized spacial score (nSPS) is 10.5. The Morgan fingerprint density at radius 3 is 2.59 bits per heavy atom. The van der Waals surface area contributed by atoms with E-state index in [-0.39, 0.29) is 37.7 Å². The van der Waals surface area contributed by atoms with Crippen molar-refractivity contribution in [1.82, 2.24) is 14.8 Å². The van der Waals surface area contributed by atoms with Crippen molar-refractivity contribution < 1.29 is 18.4 Å². The lowest BCUT2D eigenvalue weighted by Crippen LogP contribution is -2.37. The highest BCUT2D eigenvalue weighted by Gasteiger charge is 2.23. The standard InChI is InChI=1S/C24H26N4O4/c1-18-14-22(19(2)32-18)24(30)28(17-21-7-4-13-31-21)12-8-23(29)27(11-5-9-25)16-20-6-3-10-26-15-20/h3-4,6-7,10,13-15H,5,8,11-12,16-17H2,1-2H3. The van der Waals surface area contributed by atoms with Crippen LogP contribution in [-0.2, 0) is 17.9 Å². The largest absolute Gasteiger partial charge is 0.467 e. The van der Waals surface area contributed by atoms with Crippen molar-refractivity contribution in [3.8, 4) is 6.07 Å². The van der Waals surface area contributed by atoms with Crippen molar-refractivity contribution in [1.29, 1.82) is 5.26 Å². The SMILES string of the molecule is Cc1cc(C(=O)N(CCC(=O)N(CCC#N)Cc2cccnc2)Cc2ccco2)c(C)o1. The highest BCUT2D eigenvalue weighted by Crippen LogP contribution is 2.18. The maximum atomic E-state index is 13.2. The van der Waals surface area contributed by atoms with Crippen LogP contribution in [0.5, 0.6) is 0 Å². The van der Waals surface area contributed by atoms with Gasteiger partial charge in [-0.1, -0.05) is 6.07 Å². The number of aryl methyl sites for hydroxylation is 2. The molecule has 0 unspecified atom stereocenters. The molecule has 32 heavy (non-hydrogen) atoms. The van der Waals surface area contributed by atoms with Gasteiger partial charge in [-0.2, -0.15) is 5.26 Å². The second kappa shape index (κ2) is 11.0. The molecule has 3 heterocycles. The Kier molecular flexibility index (Phi) is 7.81. The van der Waals surface area contributed by atoms with E-state index in [9.17, 15) is 9.59 Å². The van der Waals surface area contributed by atoms with Crippen LogP contribution in [0.1, 0.15) is 46.0 Å². The fourth-order valence-corrected chi connectivity index (χ4v) is 3.43. The van der Waals surface area contributed by atoms with E-state index in [1.807, 2.05) is 6.07 Å². The molecule has 3 aromatic heterocycles. The minimum Gasteiger partial charge on any atom is -0.467 e. The van der Waals surface area contributed by atoms with Crippen molar-refractivity contribution in [3.05, 3.63) is 77.4 Å². The van der Waals surface area contributed by atoms with Crippen LogP contribution in [0.15, 0.2) is 57.8 Å². The summed E-state index contributed by atoms with van der Waals surface area (Å²) in [6, 6.07) is 11.0. The lowest BCUT2D eigenvalue weighted by molar-refractivity contribution is -0.132. The monoisotopic (exact) mass is 434 g/mol. The van der Waals surface area contributed by atoms with Crippen LogP contribution in [-0.4, -0.2) is 39.7 Å². The van der Waals surface area contributed by atoms with Gasteiger partial charge in [0.1, 0.15) is 17.3 Å². The molecule has 0 radical (unpaired) electrons. The van der Waals surface area contributed by atoms with E-state index in [2.05, 4.69) is 11.1 Å². The molecular weight excluding hydrogens is 408 g/mol. The van der Waals surface area contributed by atoms with Crippen LogP contribution in [0.2, 0.25) is 0 Å². The number of aromatic nitrogens is 1. The quantitative estimate of drug-likeness (QED) is 0.480. The summed E-state index contributed by atoms with van der Waals surface area (Å²) in [4.78, 5) is 33.5. The third kappa shape index (κ3) is 6.08. The predicted octanol–water partition coefficient (Wildman–Crippen LogP) is 3.86. The van der Waals surface area contributed by atoms with Crippen LogP contribution in [0.3, 0.4) is 0 Å². The Labute approximate surface area is 187 Å². The van der Waals surface area contributed by atoms with Crippen LogP contribution < -0.4 is 0 Å². The van der Waals surface area contributed by atoms with Gasteiger partial charge in [-0.25, -0.2) is 0 Å². The molecule has 0 aromatic carbocycles. The summed E-state index contributed by atoms with van der Waals surface area (Å²) in [7, 11) is 0. The van der Waals surface area contributed by atoms with Crippen LogP contribution >= 0.6 is 0 Å². The predicted molar refractivity (Wildman–Crippen MR) is 116 cm³/mol. The van der Waals surface area contributed by atoms with Gasteiger partial charge in [-0.3, -0.25) is 14.6 Å². The van der Waals surface area contributed by atoms with Gasteiger partial charge < -0.3 is 18.6 Å². The van der Waals surface area contributed by atoms with Gasteiger partial charge in [0.15, 0.2) is 0 Å². The number of furan rings is 2. The van der Waals surface area contributed by atoms with Crippen LogP contribution in [0.4, 0.5) is 0 Å². The van der Waals surface area contributed by atoms with E-state index in [4.69, 9.17) is 14.1 Å². The summed E-state index contributed by atoms with van der Waals surface area (Å²) in [5.41, 5.74) is 1.35. The highest BCUT2D eigenvalue weighted by molar-refractivity contribution is 5.95. The zero-order valence-corrected chi connectivity index (χ0v) is 18.3. The Balaban J connectivity index is 1.72. The molecule has 3 rings (SSSR count). The second-order valence-electron chi connectivity index (χ2n) is 7.47. The van der Waals surface area contributed by atoms with Crippen LogP contribution in [0, 0.1) is 25.2 Å². The molecule has 166 valence electrons. The lowest BCUT2D eigenvalue weighted by Gasteiger charge is -2.25. The summed E-state index contributed by atoms with van der Waals surface area (Å²) in [6.07, 6.45) is 5.27. The minimum atomic E-state index is -0.223. The van der Waals surface area contributed by atoms with Crippen molar-refractivity contribution in [3.63, 3.8) is 0 Å². The van der Waals surface area contributed by atoms with E-state index >= 15 is 0 Å². The molecule has 0 fully saturated rings. The molecule has 0 saturated carbocycles. The maximum Gasteiger partial charge on any atom is 0.257 e. The molecule has 2 amide bonds. The Morgan fingerprint density at radius 2 is 1.97 bits per heavy atom. The summed E-state index contributed by atoms with van der Waals surface area (Å²) in [5, 5.41) is 8.98. The minimum absolute atomic E-state index is 0.119. The number of hydrogen-bond donors (Lipinski definition) is 0. The van der Waals surface area contributed by atoms with Gasteiger partial charge in [0.05, 0.1) is 30.9 Å². The van der Waals surface area contributed by atoms with Gasteiger partial charge in [0.25, 0.3) is 5.91 Å². The van der Waals surface area contributed by atoms with E-state index in [0.29, 0.717) is 35.9 Å².